The highest BCUT2D eigenvalue weighted by atomic mass is 16.5. The Bertz CT molecular complexity index is 769. The van der Waals surface area contributed by atoms with Crippen molar-refractivity contribution in [3.8, 4) is 0 Å². The third-order valence-electron chi connectivity index (χ3n) is 10.2. The fourth-order valence-corrected chi connectivity index (χ4v) is 7.65. The second kappa shape index (κ2) is 15.3. The van der Waals surface area contributed by atoms with Gasteiger partial charge in [-0.05, 0) is 123 Å². The SMILES string of the molecule is CC(C)(C)C(=O)OC1CCC(N(N=CC2CCC(N(CCCO)C3CCCCC3)CC2)C2CCC(O)CC2)CC1. The molecule has 0 heterocycles. The van der Waals surface area contributed by atoms with Gasteiger partial charge in [0.25, 0.3) is 0 Å². The molecule has 40 heavy (non-hydrogen) atoms. The van der Waals surface area contributed by atoms with E-state index in [0.29, 0.717) is 36.7 Å². The summed E-state index contributed by atoms with van der Waals surface area (Å²) in [4.78, 5) is 15.2. The second-order valence-electron chi connectivity index (χ2n) is 14.4. The predicted molar refractivity (Wildman–Crippen MR) is 161 cm³/mol. The number of rotatable bonds is 10. The number of hydrazone groups is 1. The van der Waals surface area contributed by atoms with Crippen LogP contribution in [0.5, 0.6) is 0 Å². The Morgan fingerprint density at radius 1 is 0.800 bits per heavy atom. The Morgan fingerprint density at radius 2 is 1.35 bits per heavy atom. The summed E-state index contributed by atoms with van der Waals surface area (Å²) in [6.07, 6.45) is 22.2. The molecule has 0 amide bonds. The fraction of sp³-hybridized carbons (Fsp3) is 0.939. The fourth-order valence-electron chi connectivity index (χ4n) is 7.65. The van der Waals surface area contributed by atoms with E-state index >= 15 is 0 Å². The summed E-state index contributed by atoms with van der Waals surface area (Å²) >= 11 is 0. The molecule has 0 unspecified atom stereocenters. The van der Waals surface area contributed by atoms with Crippen LogP contribution in [0.1, 0.15) is 136 Å². The topological polar surface area (TPSA) is 85.6 Å². The van der Waals surface area contributed by atoms with Gasteiger partial charge in [0.05, 0.1) is 11.5 Å². The van der Waals surface area contributed by atoms with Crippen molar-refractivity contribution in [2.75, 3.05) is 13.2 Å². The number of aliphatic hydroxyl groups is 2. The maximum Gasteiger partial charge on any atom is 0.311 e. The van der Waals surface area contributed by atoms with Gasteiger partial charge in [0.15, 0.2) is 0 Å². The first-order chi connectivity index (χ1) is 19.2. The van der Waals surface area contributed by atoms with Crippen LogP contribution in [0.2, 0.25) is 0 Å². The van der Waals surface area contributed by atoms with Crippen LogP contribution in [0, 0.1) is 11.3 Å². The van der Waals surface area contributed by atoms with Crippen molar-refractivity contribution in [1.29, 1.82) is 0 Å². The summed E-state index contributed by atoms with van der Waals surface area (Å²) in [6, 6.07) is 2.15. The van der Waals surface area contributed by atoms with Crippen molar-refractivity contribution in [3.05, 3.63) is 0 Å². The third kappa shape index (κ3) is 9.16. The molecule has 230 valence electrons. The Morgan fingerprint density at radius 3 is 1.93 bits per heavy atom. The lowest BCUT2D eigenvalue weighted by molar-refractivity contribution is -0.160. The molecule has 4 fully saturated rings. The summed E-state index contributed by atoms with van der Waals surface area (Å²) in [6.45, 7) is 7.10. The molecular formula is C33H59N3O4. The number of ether oxygens (including phenoxy) is 1. The molecule has 0 aliphatic heterocycles. The molecule has 0 aromatic carbocycles. The molecule has 0 spiro atoms. The maximum atomic E-state index is 12.4. The number of hydrogen-bond acceptors (Lipinski definition) is 7. The van der Waals surface area contributed by atoms with Crippen LogP contribution in [-0.2, 0) is 9.53 Å². The van der Waals surface area contributed by atoms with E-state index < -0.39 is 5.41 Å². The largest absolute Gasteiger partial charge is 0.462 e. The van der Waals surface area contributed by atoms with Gasteiger partial charge >= 0.3 is 5.97 Å². The van der Waals surface area contributed by atoms with Crippen molar-refractivity contribution in [3.63, 3.8) is 0 Å². The first kappa shape index (κ1) is 31.7. The maximum absolute atomic E-state index is 12.4. The van der Waals surface area contributed by atoms with E-state index in [4.69, 9.17) is 9.84 Å². The number of carbonyl (C=O) groups excluding carboxylic acids is 1. The Hall–Kier alpha value is -1.18. The van der Waals surface area contributed by atoms with Crippen LogP contribution >= 0.6 is 0 Å². The second-order valence-corrected chi connectivity index (χ2v) is 14.4. The van der Waals surface area contributed by atoms with Crippen LogP contribution in [-0.4, -0.2) is 81.8 Å². The van der Waals surface area contributed by atoms with Crippen molar-refractivity contribution in [2.45, 2.75) is 173 Å². The average molecular weight is 562 g/mol. The summed E-state index contributed by atoms with van der Waals surface area (Å²) in [5.74, 6) is 0.434. The van der Waals surface area contributed by atoms with E-state index in [1.54, 1.807) is 0 Å². The molecule has 4 aliphatic carbocycles. The van der Waals surface area contributed by atoms with Crippen molar-refractivity contribution in [2.24, 2.45) is 16.4 Å². The van der Waals surface area contributed by atoms with Crippen LogP contribution < -0.4 is 0 Å². The van der Waals surface area contributed by atoms with Crippen molar-refractivity contribution < 1.29 is 19.7 Å². The molecule has 0 aromatic heterocycles. The van der Waals surface area contributed by atoms with E-state index in [-0.39, 0.29) is 18.2 Å². The molecule has 4 aliphatic rings. The Kier molecular flexibility index (Phi) is 12.2. The van der Waals surface area contributed by atoms with E-state index in [2.05, 4.69) is 16.1 Å². The van der Waals surface area contributed by atoms with E-state index in [1.807, 2.05) is 20.8 Å². The van der Waals surface area contributed by atoms with Gasteiger partial charge in [-0.3, -0.25) is 14.7 Å². The van der Waals surface area contributed by atoms with Crippen molar-refractivity contribution in [1.82, 2.24) is 9.91 Å². The molecule has 4 saturated carbocycles. The lowest BCUT2D eigenvalue weighted by Crippen LogP contribution is -2.47. The molecule has 7 heteroatoms. The monoisotopic (exact) mass is 561 g/mol. The molecular weight excluding hydrogens is 502 g/mol. The van der Waals surface area contributed by atoms with E-state index in [0.717, 1.165) is 64.3 Å². The first-order valence-electron chi connectivity index (χ1n) is 16.8. The average Bonchev–Trinajstić information content (AvgIpc) is 2.96. The minimum Gasteiger partial charge on any atom is -0.462 e. The van der Waals surface area contributed by atoms with Crippen LogP contribution in [0.4, 0.5) is 0 Å². The zero-order valence-electron chi connectivity index (χ0n) is 25.8. The lowest BCUT2D eigenvalue weighted by Gasteiger charge is -2.43. The lowest BCUT2D eigenvalue weighted by atomic mass is 9.84. The highest BCUT2D eigenvalue weighted by Crippen LogP contribution is 2.35. The van der Waals surface area contributed by atoms with Gasteiger partial charge in [0, 0.05) is 43.5 Å². The van der Waals surface area contributed by atoms with E-state index in [1.165, 1.54) is 57.8 Å². The zero-order chi connectivity index (χ0) is 28.5. The zero-order valence-corrected chi connectivity index (χ0v) is 25.8. The molecule has 0 atom stereocenters. The molecule has 0 bridgehead atoms. The van der Waals surface area contributed by atoms with Gasteiger partial charge in [-0.1, -0.05) is 19.3 Å². The summed E-state index contributed by atoms with van der Waals surface area (Å²) in [5, 5.41) is 27.3. The molecule has 0 aromatic rings. The number of hydrogen-bond donors (Lipinski definition) is 2. The van der Waals surface area contributed by atoms with Crippen LogP contribution in [0.3, 0.4) is 0 Å². The highest BCUT2D eigenvalue weighted by Gasteiger charge is 2.35. The molecule has 0 radical (unpaired) electrons. The molecule has 0 saturated heterocycles. The molecule has 2 N–H and O–H groups in total. The summed E-state index contributed by atoms with van der Waals surface area (Å²) in [7, 11) is 0. The third-order valence-corrected chi connectivity index (χ3v) is 10.2. The summed E-state index contributed by atoms with van der Waals surface area (Å²) < 4.78 is 5.85. The van der Waals surface area contributed by atoms with Gasteiger partial charge in [-0.2, -0.15) is 5.10 Å². The predicted octanol–water partition coefficient (Wildman–Crippen LogP) is 6.05. The van der Waals surface area contributed by atoms with Gasteiger partial charge in [-0.25, -0.2) is 0 Å². The Balaban J connectivity index is 1.33. The first-order valence-corrected chi connectivity index (χ1v) is 16.8. The highest BCUT2D eigenvalue weighted by molar-refractivity contribution is 5.75. The van der Waals surface area contributed by atoms with Crippen molar-refractivity contribution >= 4 is 12.2 Å². The Labute approximate surface area is 244 Å². The minimum atomic E-state index is -0.457. The number of aliphatic hydroxyl groups excluding tert-OH is 2. The van der Waals surface area contributed by atoms with Gasteiger partial charge in [0.2, 0.25) is 0 Å². The standard InChI is InChI=1S/C33H59N3O4/c1-33(2,3)32(39)40-31-20-16-29(17-21-31)36(28-14-18-30(38)19-15-28)34-24-25-10-12-27(13-11-25)35(22-7-23-37)26-8-5-4-6-9-26/h24-31,37-38H,4-23H2,1-3H3. The quantitative estimate of drug-likeness (QED) is 0.192. The van der Waals surface area contributed by atoms with Crippen LogP contribution in [0.25, 0.3) is 0 Å². The van der Waals surface area contributed by atoms with Crippen LogP contribution in [0.15, 0.2) is 5.10 Å². The number of nitrogens with zero attached hydrogens (tertiary/aromatic N) is 3. The normalized spacial score (nSPS) is 32.9. The molecule has 7 nitrogen and oxygen atoms in total. The van der Waals surface area contributed by atoms with Gasteiger partial charge < -0.3 is 14.9 Å². The number of carbonyl (C=O) groups is 1. The number of esters is 1. The smallest absolute Gasteiger partial charge is 0.311 e. The van der Waals surface area contributed by atoms with E-state index in [9.17, 15) is 15.0 Å². The van der Waals surface area contributed by atoms with Gasteiger partial charge in [0.1, 0.15) is 6.10 Å². The minimum absolute atomic E-state index is 0.0233. The molecule has 4 rings (SSSR count). The van der Waals surface area contributed by atoms with Gasteiger partial charge in [-0.15, -0.1) is 0 Å². The summed E-state index contributed by atoms with van der Waals surface area (Å²) in [5.41, 5.74) is -0.457.